The Morgan fingerprint density at radius 3 is 1.03 bits per heavy atom. The Morgan fingerprint density at radius 2 is 0.680 bits per heavy atom. The summed E-state index contributed by atoms with van der Waals surface area (Å²) in [5.74, 6) is 3.33. The number of nitrogens with zero attached hydrogens (tertiary/aromatic N) is 6. The van der Waals surface area contributed by atoms with Gasteiger partial charge in [0.2, 0.25) is 0 Å². The van der Waals surface area contributed by atoms with Crippen molar-refractivity contribution in [3.63, 3.8) is 0 Å². The molecule has 544 valence electrons. The fourth-order valence-electron chi connectivity index (χ4n) is 16.2. The molecule has 6 atom stereocenters. The summed E-state index contributed by atoms with van der Waals surface area (Å²) in [6.45, 7) is 51.7. The third kappa shape index (κ3) is 28.6. The van der Waals surface area contributed by atoms with E-state index >= 15 is 0 Å². The molecule has 6 unspecified atom stereocenters. The van der Waals surface area contributed by atoms with Crippen LogP contribution in [0.2, 0.25) is 101 Å². The van der Waals surface area contributed by atoms with Gasteiger partial charge in [-0.3, -0.25) is 0 Å². The van der Waals surface area contributed by atoms with E-state index in [0.29, 0.717) is 6.04 Å². The number of hydrogen-bond donors (Lipinski definition) is 0. The predicted molar refractivity (Wildman–Crippen MR) is 458 cm³/mol. The first kappa shape index (κ1) is 99.5. The van der Waals surface area contributed by atoms with Crippen LogP contribution in [0.5, 0.6) is 0 Å². The molecule has 0 radical (unpaired) electrons. The molecule has 100 heavy (non-hydrogen) atoms. The molecule has 0 aliphatic heterocycles. The van der Waals surface area contributed by atoms with Gasteiger partial charge in [0.15, 0.2) is 0 Å². The maximum atomic E-state index is 5.19. The smallest absolute Gasteiger partial charge is 0.687 e. The zero-order chi connectivity index (χ0) is 69.9. The first-order valence-corrected chi connectivity index (χ1v) is 52.4. The fourth-order valence-corrected chi connectivity index (χ4v) is 31.6. The zero-order valence-corrected chi connectivity index (χ0v) is 79.0. The monoisotopic (exact) mass is 1530 g/mol. The molecule has 0 N–H and O–H groups in total. The van der Waals surface area contributed by atoms with E-state index in [0.717, 1.165) is 62.5 Å². The summed E-state index contributed by atoms with van der Waals surface area (Å²) >= 11 is 0. The number of para-hydroxylation sites is 5. The Morgan fingerprint density at radius 1 is 0.360 bits per heavy atom. The average molecular weight is 1530 g/mol. The van der Waals surface area contributed by atoms with Gasteiger partial charge < -0.3 is 52.6 Å². The molecule has 0 heterocycles. The molecular weight excluding hydrogens is 1390 g/mol. The Bertz CT molecular complexity index is 3070. The molecule has 0 amide bonds. The summed E-state index contributed by atoms with van der Waals surface area (Å²) in [6, 6.07) is 51.8. The van der Waals surface area contributed by atoms with Gasteiger partial charge in [0.05, 0.1) is 24.2 Å². The number of benzene rings is 6. The molecule has 0 saturated heterocycles. The second-order valence-corrected chi connectivity index (χ2v) is 57.1. The van der Waals surface area contributed by atoms with Crippen molar-refractivity contribution >= 4 is 90.2 Å². The third-order valence-corrected chi connectivity index (χ3v) is 39.5. The fraction of sp³-hybridized carbons (Fsp3) is 0.512. The van der Waals surface area contributed by atoms with E-state index in [9.17, 15) is 0 Å². The van der Waals surface area contributed by atoms with E-state index in [2.05, 4.69) is 238 Å². The summed E-state index contributed by atoms with van der Waals surface area (Å²) in [5, 5.41) is 14.5. The van der Waals surface area contributed by atoms with Gasteiger partial charge in [-0.25, -0.2) is 0 Å². The SMILES string of the molecule is C[N-]c1ccccc1[Si](C)(C)C1C(C)C(C)C(C)C1C.C[Si](C)(C)[N-]c1ccccc1[Si](C)(C)C1CCC([Si](C)(C)C)C1.C[Si](C)(c1ccccc1[N-]C1CCCCC1)C1CCCC1.[CH2-]c1ccccc1N(C)C.[CH2-]c1ccccc1N(C)C.[CH2-]c1ccccc1N(C)C.[CH3-].[CH3-].[CH3-].[Sc+3].[Sc+3].[Sc+3]. The van der Waals surface area contributed by atoms with Crippen molar-refractivity contribution in [2.75, 3.05) is 64.0 Å². The van der Waals surface area contributed by atoms with Crippen molar-refractivity contribution in [2.45, 2.75) is 212 Å². The normalized spacial score (nSPS) is 19.5. The zero-order valence-electron chi connectivity index (χ0n) is 68.6. The van der Waals surface area contributed by atoms with Crippen LogP contribution in [0.3, 0.4) is 0 Å². The van der Waals surface area contributed by atoms with Crippen molar-refractivity contribution in [1.82, 2.24) is 0 Å². The average Bonchev–Trinajstić information content (AvgIpc) is 1.58. The van der Waals surface area contributed by atoms with Crippen molar-refractivity contribution < 1.29 is 77.5 Å². The molecule has 6 nitrogen and oxygen atoms in total. The molecule has 0 bridgehead atoms. The minimum atomic E-state index is -1.52. The molecule has 4 saturated carbocycles. The van der Waals surface area contributed by atoms with E-state index in [1.807, 2.05) is 104 Å². The largest absolute Gasteiger partial charge is 3.00 e. The molecular formula is C86H141N6Sc3Si5. The van der Waals surface area contributed by atoms with E-state index < -0.39 is 40.5 Å². The van der Waals surface area contributed by atoms with Crippen LogP contribution in [-0.2, 0) is 77.5 Å². The molecule has 6 aromatic carbocycles. The molecule has 0 aromatic heterocycles. The van der Waals surface area contributed by atoms with E-state index in [-0.39, 0.29) is 99.8 Å². The molecule has 0 spiro atoms. The minimum Gasteiger partial charge on any atom is -0.687 e. The van der Waals surface area contributed by atoms with Crippen LogP contribution in [0.4, 0.5) is 34.1 Å². The molecule has 10 rings (SSSR count). The predicted octanol–water partition coefficient (Wildman–Crippen LogP) is 24.9. The first-order chi connectivity index (χ1) is 44.1. The number of hydrogen-bond acceptors (Lipinski definition) is 3. The summed E-state index contributed by atoms with van der Waals surface area (Å²) in [6.07, 6.45) is 17.0. The van der Waals surface area contributed by atoms with Gasteiger partial charge in [-0.2, -0.15) is 55.7 Å². The van der Waals surface area contributed by atoms with Crippen molar-refractivity contribution in [3.05, 3.63) is 221 Å². The maximum absolute atomic E-state index is 5.19. The van der Waals surface area contributed by atoms with Crippen molar-refractivity contribution in [2.24, 2.45) is 23.7 Å². The third-order valence-electron chi connectivity index (χ3n) is 22.3. The van der Waals surface area contributed by atoms with Gasteiger partial charge in [0.25, 0.3) is 0 Å². The van der Waals surface area contributed by atoms with E-state index in [1.54, 1.807) is 15.6 Å². The van der Waals surface area contributed by atoms with E-state index in [1.165, 1.54) is 111 Å². The first-order valence-electron chi connectivity index (χ1n) is 36.1. The van der Waals surface area contributed by atoms with Gasteiger partial charge in [-0.1, -0.05) is 325 Å². The summed E-state index contributed by atoms with van der Waals surface area (Å²) in [5.41, 5.74) is 14.5. The molecule has 6 aromatic rings. The molecule has 14 heteroatoms. The molecule has 4 aliphatic carbocycles. The van der Waals surface area contributed by atoms with Gasteiger partial charge >= 0.3 is 77.5 Å². The second kappa shape index (κ2) is 45.8. The summed E-state index contributed by atoms with van der Waals surface area (Å²) in [7, 11) is 7.26. The maximum Gasteiger partial charge on any atom is 3.00 e. The number of anilines is 3. The van der Waals surface area contributed by atoms with E-state index in [4.69, 9.17) is 10.3 Å². The van der Waals surface area contributed by atoms with Gasteiger partial charge in [-0.05, 0) is 96.4 Å². The summed E-state index contributed by atoms with van der Waals surface area (Å²) < 4.78 is 0. The summed E-state index contributed by atoms with van der Waals surface area (Å²) in [4.78, 5) is 11.4. The number of rotatable bonds is 15. The van der Waals surface area contributed by atoms with Crippen LogP contribution in [-0.4, -0.2) is 95.9 Å². The molecule has 4 fully saturated rings. The van der Waals surface area contributed by atoms with Gasteiger partial charge in [-0.15, -0.1) is 48.4 Å². The second-order valence-electron chi connectivity index (χ2n) is 32.7. The van der Waals surface area contributed by atoms with Crippen molar-refractivity contribution in [1.29, 1.82) is 0 Å². The Hall–Kier alpha value is -2.58. The van der Waals surface area contributed by atoms with Crippen molar-refractivity contribution in [3.8, 4) is 0 Å². The van der Waals surface area contributed by atoms with Crippen LogP contribution in [0.15, 0.2) is 146 Å². The van der Waals surface area contributed by atoms with Gasteiger partial charge in [0, 0.05) is 8.07 Å². The van der Waals surface area contributed by atoms with Crippen LogP contribution in [0.25, 0.3) is 15.6 Å². The standard InChI is InChI=1S/C19H36NSi3.C19H30NSi.C18H30NSi.3C9H12N.3CH3.3Sc/c1-21(2,3)16-13-14-17(15-16)23(7,8)19-12-10-9-11-18(19)20-22(4,5)6;1-21(2,17-12-6-7-13-17)19-15-9-8-14-18(19)20-16-10-4-3-5-11-16;1-12-13(2)15(4)18(14(12)3)20(6,7)17-11-9-8-10-16(17)19-5;3*1-8-6-4-5-7-9(8)10(2)3;;;;;;/h9-12,16-17H,13-15H2,1-8H3;8-9,14-17H,3-7,10-13H2,1-2H3;8-15,18H,1-7H3;3*4-7H,1H2,2-3H3;3*1H3;;;/q9*-1;3*+3. The Labute approximate surface area is 681 Å². The molecule has 4 aliphatic rings. The minimum absolute atomic E-state index is 0. The van der Waals surface area contributed by atoms with Crippen LogP contribution in [0.1, 0.15) is 121 Å². The quantitative estimate of drug-likeness (QED) is 0.0760. The topological polar surface area (TPSA) is 52.0 Å². The van der Waals surface area contributed by atoms with Crippen LogP contribution >= 0.6 is 0 Å². The van der Waals surface area contributed by atoms with Crippen LogP contribution < -0.4 is 30.3 Å². The Kier molecular flexibility index (Phi) is 45.6. The van der Waals surface area contributed by atoms with Crippen LogP contribution in [0, 0.1) is 66.7 Å². The Balaban J connectivity index is 0. The van der Waals surface area contributed by atoms with Gasteiger partial charge in [0.1, 0.15) is 0 Å².